The summed E-state index contributed by atoms with van der Waals surface area (Å²) in [5, 5.41) is 13.4. The zero-order chi connectivity index (χ0) is 11.4. The highest BCUT2D eigenvalue weighted by Crippen LogP contribution is 2.22. The average molecular weight is 234 g/mol. The van der Waals surface area contributed by atoms with Gasteiger partial charge in [-0.05, 0) is 17.7 Å². The van der Waals surface area contributed by atoms with Crippen LogP contribution in [0.2, 0.25) is 0 Å². The van der Waals surface area contributed by atoms with Crippen molar-refractivity contribution in [3.63, 3.8) is 0 Å². The second kappa shape index (κ2) is 5.03. The van der Waals surface area contributed by atoms with Crippen LogP contribution >= 0.6 is 11.3 Å². The maximum atomic E-state index is 4.12. The third-order valence-corrected chi connectivity index (χ3v) is 3.31. The fourth-order valence-electron chi connectivity index (χ4n) is 1.22. The lowest BCUT2D eigenvalue weighted by Gasteiger charge is -2.00. The molecule has 0 unspecified atom stereocenters. The van der Waals surface area contributed by atoms with Gasteiger partial charge in [0.15, 0.2) is 0 Å². The summed E-state index contributed by atoms with van der Waals surface area (Å²) in [5.41, 5.74) is 1.19. The summed E-state index contributed by atoms with van der Waals surface area (Å²) in [7, 11) is 0. The van der Waals surface area contributed by atoms with Gasteiger partial charge in [-0.15, -0.1) is 10.2 Å². The molecule has 5 heteroatoms. The molecule has 84 valence electrons. The van der Waals surface area contributed by atoms with Gasteiger partial charge in [0.25, 0.3) is 0 Å². The monoisotopic (exact) mass is 234 g/mol. The van der Waals surface area contributed by atoms with E-state index in [1.165, 1.54) is 5.56 Å². The molecule has 0 aliphatic carbocycles. The Labute approximate surface area is 98.8 Å². The molecule has 0 radical (unpaired) electrons. The van der Waals surface area contributed by atoms with E-state index in [0.29, 0.717) is 5.92 Å². The predicted octanol–water partition coefficient (Wildman–Crippen LogP) is 2.67. The molecule has 0 aromatic carbocycles. The normalized spacial score (nSPS) is 10.7. The molecule has 1 N–H and O–H groups in total. The van der Waals surface area contributed by atoms with E-state index in [4.69, 9.17) is 0 Å². The quantitative estimate of drug-likeness (QED) is 0.883. The van der Waals surface area contributed by atoms with E-state index in [0.717, 1.165) is 16.7 Å². The van der Waals surface area contributed by atoms with Gasteiger partial charge in [0, 0.05) is 24.9 Å². The number of pyridine rings is 1. The van der Waals surface area contributed by atoms with Gasteiger partial charge in [0.1, 0.15) is 5.01 Å². The number of rotatable bonds is 4. The van der Waals surface area contributed by atoms with Crippen LogP contribution in [0, 0.1) is 0 Å². The van der Waals surface area contributed by atoms with E-state index < -0.39 is 0 Å². The molecule has 0 spiro atoms. The lowest BCUT2D eigenvalue weighted by molar-refractivity contribution is 0.824. The van der Waals surface area contributed by atoms with Crippen molar-refractivity contribution in [1.29, 1.82) is 0 Å². The Morgan fingerprint density at radius 2 is 2.00 bits per heavy atom. The van der Waals surface area contributed by atoms with Gasteiger partial charge in [0.05, 0.1) is 0 Å². The van der Waals surface area contributed by atoms with Crippen molar-refractivity contribution < 1.29 is 0 Å². The topological polar surface area (TPSA) is 50.7 Å². The van der Waals surface area contributed by atoms with Crippen LogP contribution in [-0.2, 0) is 6.54 Å². The van der Waals surface area contributed by atoms with Gasteiger partial charge in [0.2, 0.25) is 5.13 Å². The smallest absolute Gasteiger partial charge is 0.205 e. The highest BCUT2D eigenvalue weighted by molar-refractivity contribution is 7.15. The Kier molecular flexibility index (Phi) is 3.46. The predicted molar refractivity (Wildman–Crippen MR) is 65.6 cm³/mol. The van der Waals surface area contributed by atoms with E-state index >= 15 is 0 Å². The summed E-state index contributed by atoms with van der Waals surface area (Å²) in [6, 6.07) is 3.97. The van der Waals surface area contributed by atoms with Crippen molar-refractivity contribution in [2.75, 3.05) is 5.32 Å². The maximum Gasteiger partial charge on any atom is 0.205 e. The molecule has 0 atom stereocenters. The maximum absolute atomic E-state index is 4.12. The molecule has 0 saturated carbocycles. The summed E-state index contributed by atoms with van der Waals surface area (Å²) in [5.74, 6) is 0.439. The Morgan fingerprint density at radius 1 is 1.25 bits per heavy atom. The second-order valence-corrected chi connectivity index (χ2v) is 4.82. The summed E-state index contributed by atoms with van der Waals surface area (Å²) in [4.78, 5) is 3.97. The molecule has 2 rings (SSSR count). The van der Waals surface area contributed by atoms with Gasteiger partial charge in [-0.25, -0.2) is 0 Å². The molecule has 0 saturated heterocycles. The first-order chi connectivity index (χ1) is 7.75. The minimum absolute atomic E-state index is 0.439. The summed E-state index contributed by atoms with van der Waals surface area (Å²) < 4.78 is 0. The van der Waals surface area contributed by atoms with Crippen molar-refractivity contribution in [2.24, 2.45) is 0 Å². The zero-order valence-corrected chi connectivity index (χ0v) is 10.2. The Bertz CT molecular complexity index is 438. The Hall–Kier alpha value is -1.49. The molecule has 0 amide bonds. The number of nitrogens with zero attached hydrogens (tertiary/aromatic N) is 3. The lowest BCUT2D eigenvalue weighted by Crippen LogP contribution is -1.98. The molecule has 0 aliphatic rings. The highest BCUT2D eigenvalue weighted by Gasteiger charge is 2.06. The fraction of sp³-hybridized carbons (Fsp3) is 0.364. The summed E-state index contributed by atoms with van der Waals surface area (Å²) in [6.45, 7) is 5.00. The van der Waals surface area contributed by atoms with E-state index in [1.807, 2.05) is 12.1 Å². The Morgan fingerprint density at radius 3 is 2.62 bits per heavy atom. The minimum atomic E-state index is 0.439. The Balaban J connectivity index is 1.95. The van der Waals surface area contributed by atoms with Gasteiger partial charge >= 0.3 is 0 Å². The standard InChI is InChI=1S/C11H14N4S/c1-8(2)10-14-15-11(16-10)13-7-9-3-5-12-6-4-9/h3-6,8H,7H2,1-2H3,(H,13,15). The number of hydrogen-bond donors (Lipinski definition) is 1. The second-order valence-electron chi connectivity index (χ2n) is 3.81. The molecule has 2 aromatic heterocycles. The summed E-state index contributed by atoms with van der Waals surface area (Å²) in [6.07, 6.45) is 3.58. The van der Waals surface area contributed by atoms with E-state index in [9.17, 15) is 0 Å². The van der Waals surface area contributed by atoms with Crippen molar-refractivity contribution in [3.8, 4) is 0 Å². The van der Waals surface area contributed by atoms with Crippen LogP contribution in [0.5, 0.6) is 0 Å². The number of hydrogen-bond acceptors (Lipinski definition) is 5. The van der Waals surface area contributed by atoms with Crippen LogP contribution in [0.1, 0.15) is 30.3 Å². The third kappa shape index (κ3) is 2.76. The highest BCUT2D eigenvalue weighted by atomic mass is 32.1. The number of nitrogens with one attached hydrogen (secondary N) is 1. The average Bonchev–Trinajstić information content (AvgIpc) is 2.76. The molecule has 4 nitrogen and oxygen atoms in total. The lowest BCUT2D eigenvalue weighted by atomic mass is 10.2. The zero-order valence-electron chi connectivity index (χ0n) is 9.34. The third-order valence-electron chi connectivity index (χ3n) is 2.13. The molecular weight excluding hydrogens is 220 g/mol. The molecule has 16 heavy (non-hydrogen) atoms. The van der Waals surface area contributed by atoms with Gasteiger partial charge < -0.3 is 5.32 Å². The van der Waals surface area contributed by atoms with Crippen LogP contribution in [0.4, 0.5) is 5.13 Å². The van der Waals surface area contributed by atoms with Crippen LogP contribution < -0.4 is 5.32 Å². The van der Waals surface area contributed by atoms with E-state index in [2.05, 4.69) is 34.3 Å². The first kappa shape index (κ1) is 11.0. The molecule has 0 fully saturated rings. The fourth-order valence-corrected chi connectivity index (χ4v) is 1.96. The van der Waals surface area contributed by atoms with Crippen LogP contribution in [0.15, 0.2) is 24.5 Å². The molecule has 2 aromatic rings. The molecule has 0 bridgehead atoms. The van der Waals surface area contributed by atoms with Gasteiger partial charge in [-0.1, -0.05) is 25.2 Å². The van der Waals surface area contributed by atoms with E-state index in [-0.39, 0.29) is 0 Å². The van der Waals surface area contributed by atoms with Crippen molar-refractivity contribution in [1.82, 2.24) is 15.2 Å². The first-order valence-corrected chi connectivity index (χ1v) is 6.03. The van der Waals surface area contributed by atoms with Crippen molar-refractivity contribution >= 4 is 16.5 Å². The SMILES string of the molecule is CC(C)c1nnc(NCc2ccncc2)s1. The minimum Gasteiger partial charge on any atom is -0.356 e. The summed E-state index contributed by atoms with van der Waals surface area (Å²) >= 11 is 1.61. The van der Waals surface area contributed by atoms with Crippen molar-refractivity contribution in [3.05, 3.63) is 35.1 Å². The molecule has 0 aliphatic heterocycles. The largest absolute Gasteiger partial charge is 0.356 e. The molecule has 2 heterocycles. The van der Waals surface area contributed by atoms with Crippen LogP contribution in [0.3, 0.4) is 0 Å². The van der Waals surface area contributed by atoms with Gasteiger partial charge in [-0.3, -0.25) is 4.98 Å². The first-order valence-electron chi connectivity index (χ1n) is 5.22. The van der Waals surface area contributed by atoms with Gasteiger partial charge in [-0.2, -0.15) is 0 Å². The number of aromatic nitrogens is 3. The van der Waals surface area contributed by atoms with Crippen LogP contribution in [0.25, 0.3) is 0 Å². The van der Waals surface area contributed by atoms with Crippen molar-refractivity contribution in [2.45, 2.75) is 26.3 Å². The van der Waals surface area contributed by atoms with Crippen LogP contribution in [-0.4, -0.2) is 15.2 Å². The molecular formula is C11H14N4S. The number of anilines is 1. The van der Waals surface area contributed by atoms with E-state index in [1.54, 1.807) is 23.7 Å².